The smallest absolute Gasteiger partial charge is 0.131 e. The van der Waals surface area contributed by atoms with Gasteiger partial charge in [0.25, 0.3) is 0 Å². The Morgan fingerprint density at radius 2 is 2.06 bits per heavy atom. The van der Waals surface area contributed by atoms with Crippen LogP contribution in [0.25, 0.3) is 10.9 Å². The van der Waals surface area contributed by atoms with Crippen LogP contribution in [0.2, 0.25) is 0 Å². The molecule has 3 fully saturated rings. The molecular weight excluding hydrogens is 384 g/mol. The molecule has 0 saturated carbocycles. The highest BCUT2D eigenvalue weighted by Gasteiger charge is 2.53. The van der Waals surface area contributed by atoms with Crippen LogP contribution >= 0.6 is 0 Å². The van der Waals surface area contributed by atoms with Crippen molar-refractivity contribution < 1.29 is 14.3 Å². The van der Waals surface area contributed by atoms with Crippen LogP contribution in [0.4, 0.5) is 0 Å². The first-order valence-electron chi connectivity index (χ1n) is 11.3. The van der Waals surface area contributed by atoms with Gasteiger partial charge in [0.05, 0.1) is 25.7 Å². The minimum Gasteiger partial charge on any atom is -0.497 e. The molecule has 1 N–H and O–H groups in total. The van der Waals surface area contributed by atoms with Gasteiger partial charge in [-0.2, -0.15) is 0 Å². The summed E-state index contributed by atoms with van der Waals surface area (Å²) >= 11 is 0. The van der Waals surface area contributed by atoms with Crippen molar-refractivity contribution in [3.05, 3.63) is 84.6 Å². The Bertz CT molecular complexity index is 1080. The summed E-state index contributed by atoms with van der Waals surface area (Å²) in [5, 5.41) is 12.8. The molecule has 5 atom stereocenters. The van der Waals surface area contributed by atoms with Gasteiger partial charge in [0.15, 0.2) is 0 Å². The maximum atomic E-state index is 11.8. The van der Waals surface area contributed by atoms with Crippen molar-refractivity contribution >= 4 is 10.9 Å². The average Bonchev–Trinajstić information content (AvgIpc) is 2.83. The van der Waals surface area contributed by atoms with E-state index in [1.807, 2.05) is 30.5 Å². The summed E-state index contributed by atoms with van der Waals surface area (Å²) in [7, 11) is 1.68. The van der Waals surface area contributed by atoms with Gasteiger partial charge in [0.1, 0.15) is 24.4 Å². The number of hydrogen-bond donors (Lipinski definition) is 1. The van der Waals surface area contributed by atoms with E-state index in [2.05, 4.69) is 48.0 Å². The maximum Gasteiger partial charge on any atom is 0.131 e. The van der Waals surface area contributed by atoms with Gasteiger partial charge in [0.2, 0.25) is 0 Å². The number of hydrogen-bond acceptors (Lipinski definition) is 3. The summed E-state index contributed by atoms with van der Waals surface area (Å²) in [6, 6.07) is 18.8. The zero-order valence-corrected chi connectivity index (χ0v) is 18.2. The molecule has 3 aromatic rings. The van der Waals surface area contributed by atoms with Crippen molar-refractivity contribution in [1.82, 2.24) is 4.98 Å². The fourth-order valence-corrected chi connectivity index (χ4v) is 6.07. The summed E-state index contributed by atoms with van der Waals surface area (Å²) < 4.78 is 6.38. The van der Waals surface area contributed by atoms with Crippen LogP contribution in [-0.2, 0) is 6.54 Å². The summed E-state index contributed by atoms with van der Waals surface area (Å²) in [4.78, 5) is 4.52. The molecule has 4 heteroatoms. The molecule has 0 radical (unpaired) electrons. The monoisotopic (exact) mass is 415 g/mol. The van der Waals surface area contributed by atoms with Crippen LogP contribution < -0.4 is 4.74 Å². The number of aliphatic hydroxyl groups excluding tert-OH is 1. The Morgan fingerprint density at radius 3 is 2.84 bits per heavy atom. The first kappa shape index (κ1) is 20.2. The summed E-state index contributed by atoms with van der Waals surface area (Å²) in [5.41, 5.74) is 3.19. The lowest BCUT2D eigenvalue weighted by molar-refractivity contribution is -0.984. The molecule has 3 saturated heterocycles. The third-order valence-electron chi connectivity index (χ3n) is 7.68. The van der Waals surface area contributed by atoms with Crippen LogP contribution in [0.5, 0.6) is 5.75 Å². The molecule has 0 spiro atoms. The van der Waals surface area contributed by atoms with Crippen LogP contribution in [0, 0.1) is 11.8 Å². The van der Waals surface area contributed by atoms with Crippen molar-refractivity contribution in [2.24, 2.45) is 11.8 Å². The predicted octanol–water partition coefficient (Wildman–Crippen LogP) is 4.89. The molecule has 4 heterocycles. The number of aliphatic hydroxyl groups is 1. The van der Waals surface area contributed by atoms with Crippen molar-refractivity contribution in [3.63, 3.8) is 0 Å². The van der Waals surface area contributed by atoms with Crippen LogP contribution in [0.3, 0.4) is 0 Å². The van der Waals surface area contributed by atoms with Crippen molar-refractivity contribution in [2.45, 2.75) is 31.5 Å². The molecule has 2 bridgehead atoms. The highest BCUT2D eigenvalue weighted by molar-refractivity contribution is 5.83. The average molecular weight is 416 g/mol. The first-order valence-corrected chi connectivity index (χ1v) is 11.3. The van der Waals surface area contributed by atoms with Gasteiger partial charge < -0.3 is 14.3 Å². The summed E-state index contributed by atoms with van der Waals surface area (Å²) in [6.07, 6.45) is 5.65. The number of piperidine rings is 3. The Balaban J connectivity index is 1.56. The van der Waals surface area contributed by atoms with E-state index >= 15 is 0 Å². The first-order chi connectivity index (χ1) is 15.1. The molecule has 4 unspecified atom stereocenters. The topological polar surface area (TPSA) is 42.4 Å². The second-order valence-corrected chi connectivity index (χ2v) is 9.25. The predicted molar refractivity (Wildman–Crippen MR) is 124 cm³/mol. The van der Waals surface area contributed by atoms with E-state index in [1.165, 1.54) is 12.0 Å². The van der Waals surface area contributed by atoms with Gasteiger partial charge in [-0.15, -0.1) is 6.58 Å². The lowest BCUT2D eigenvalue weighted by Gasteiger charge is -2.58. The number of rotatable bonds is 6. The number of benzene rings is 2. The second kappa shape index (κ2) is 8.10. The van der Waals surface area contributed by atoms with E-state index < -0.39 is 6.10 Å². The number of quaternary nitrogens is 1. The normalized spacial score (nSPS) is 28.4. The van der Waals surface area contributed by atoms with E-state index in [1.54, 1.807) is 7.11 Å². The lowest BCUT2D eigenvalue weighted by atomic mass is 9.71. The van der Waals surface area contributed by atoms with Gasteiger partial charge >= 0.3 is 0 Å². The van der Waals surface area contributed by atoms with Gasteiger partial charge in [-0.1, -0.05) is 36.4 Å². The Labute approximate surface area is 184 Å². The van der Waals surface area contributed by atoms with Crippen molar-refractivity contribution in [2.75, 3.05) is 20.2 Å². The zero-order valence-electron chi connectivity index (χ0n) is 18.2. The molecule has 3 aliphatic rings. The Morgan fingerprint density at radius 1 is 1.23 bits per heavy atom. The third-order valence-corrected chi connectivity index (χ3v) is 7.68. The zero-order chi connectivity index (χ0) is 21.4. The standard InChI is InChI=1S/C27H31N2O2/c1-3-20-18-29(17-19-7-5-4-6-8-19)14-12-21(20)15-26(29)27(30)23-11-13-28-25-10-9-22(31-2)16-24(23)25/h3-11,13,16,20-21,26-27,30H,1,12,14-15,17-18H2,2H3/q+1/t20?,21?,26?,27?,29-/m0/s1. The molecular formula is C27H31N2O2+. The van der Waals surface area contributed by atoms with Gasteiger partial charge in [0, 0.05) is 35.9 Å². The Hall–Kier alpha value is -2.69. The van der Waals surface area contributed by atoms with Gasteiger partial charge in [-0.25, -0.2) is 0 Å². The van der Waals surface area contributed by atoms with Crippen LogP contribution in [-0.4, -0.2) is 40.8 Å². The van der Waals surface area contributed by atoms with E-state index in [0.717, 1.165) is 52.8 Å². The number of nitrogens with zero attached hydrogens (tertiary/aromatic N) is 2. The van der Waals surface area contributed by atoms with Gasteiger partial charge in [-0.3, -0.25) is 4.98 Å². The summed E-state index contributed by atoms with van der Waals surface area (Å²) in [5.74, 6) is 1.92. The van der Waals surface area contributed by atoms with E-state index in [9.17, 15) is 5.11 Å². The van der Waals surface area contributed by atoms with Gasteiger partial charge in [-0.05, 0) is 35.7 Å². The fourth-order valence-electron chi connectivity index (χ4n) is 6.07. The maximum absolute atomic E-state index is 11.8. The molecule has 4 nitrogen and oxygen atoms in total. The van der Waals surface area contributed by atoms with Crippen LogP contribution in [0.1, 0.15) is 30.1 Å². The van der Waals surface area contributed by atoms with Crippen molar-refractivity contribution in [1.29, 1.82) is 0 Å². The number of fused-ring (bicyclic) bond motifs is 4. The minimum atomic E-state index is -0.546. The number of ether oxygens (including phenoxy) is 1. The van der Waals surface area contributed by atoms with E-state index in [-0.39, 0.29) is 6.04 Å². The van der Waals surface area contributed by atoms with Crippen molar-refractivity contribution in [3.8, 4) is 5.75 Å². The SMILES string of the molecule is C=CC1C[N@@+]2(Cc3ccccc3)CCC1CC2C(O)c1ccnc2ccc(OC)cc12. The van der Waals surface area contributed by atoms with E-state index in [4.69, 9.17) is 4.74 Å². The molecule has 1 aromatic heterocycles. The minimum absolute atomic E-state index is 0.159. The number of methoxy groups -OCH3 is 1. The van der Waals surface area contributed by atoms with Crippen LogP contribution in [0.15, 0.2) is 73.4 Å². The molecule has 2 aromatic carbocycles. The fraction of sp³-hybridized carbons (Fsp3) is 0.370. The second-order valence-electron chi connectivity index (χ2n) is 9.25. The highest BCUT2D eigenvalue weighted by Crippen LogP contribution is 2.48. The lowest BCUT2D eigenvalue weighted by Crippen LogP contribution is -2.67. The summed E-state index contributed by atoms with van der Waals surface area (Å²) in [6.45, 7) is 7.25. The molecule has 0 aliphatic carbocycles. The number of aromatic nitrogens is 1. The largest absolute Gasteiger partial charge is 0.497 e. The molecule has 6 rings (SSSR count). The molecule has 160 valence electrons. The Kier molecular flexibility index (Phi) is 5.28. The number of pyridine rings is 1. The highest BCUT2D eigenvalue weighted by atomic mass is 16.5. The molecule has 0 amide bonds. The molecule has 31 heavy (non-hydrogen) atoms. The van der Waals surface area contributed by atoms with E-state index in [0.29, 0.717) is 11.8 Å². The molecule has 3 aliphatic heterocycles. The quantitative estimate of drug-likeness (QED) is 0.460. The third kappa shape index (κ3) is 3.54.